The smallest absolute Gasteiger partial charge is 0.415 e. The van der Waals surface area contributed by atoms with E-state index in [0.29, 0.717) is 12.4 Å². The van der Waals surface area contributed by atoms with Crippen LogP contribution in [0.1, 0.15) is 32.0 Å². The van der Waals surface area contributed by atoms with Gasteiger partial charge in [0.1, 0.15) is 28.0 Å². The number of thiazole rings is 1. The van der Waals surface area contributed by atoms with Crippen LogP contribution in [0, 0.1) is 6.92 Å². The van der Waals surface area contributed by atoms with E-state index in [4.69, 9.17) is 9.47 Å². The third-order valence-electron chi connectivity index (χ3n) is 3.95. The van der Waals surface area contributed by atoms with E-state index in [1.54, 1.807) is 19.4 Å². The Labute approximate surface area is 175 Å². The van der Waals surface area contributed by atoms with Crippen LogP contribution in [0.5, 0.6) is 5.75 Å². The molecule has 29 heavy (non-hydrogen) atoms. The quantitative estimate of drug-likeness (QED) is 0.557. The van der Waals surface area contributed by atoms with Crippen molar-refractivity contribution in [2.24, 2.45) is 0 Å². The second-order valence-electron chi connectivity index (χ2n) is 7.63. The van der Waals surface area contributed by atoms with Crippen molar-refractivity contribution < 1.29 is 14.3 Å². The second-order valence-corrected chi connectivity index (χ2v) is 8.61. The van der Waals surface area contributed by atoms with Crippen LogP contribution in [0.2, 0.25) is 0 Å². The standard InChI is InChI=1S/C22H25N3O3S/c1-15-20(25(5)21(26)28-22(2,3)4)29-19(24-15)17-11-18(13-23-12-17)27-14-16-9-7-6-8-10-16/h6-13H,14H2,1-5H3. The summed E-state index contributed by atoms with van der Waals surface area (Å²) in [6.07, 6.45) is 3.01. The van der Waals surface area contributed by atoms with Crippen molar-refractivity contribution in [2.75, 3.05) is 11.9 Å². The highest BCUT2D eigenvalue weighted by molar-refractivity contribution is 7.19. The molecule has 0 aliphatic carbocycles. The number of amides is 1. The number of rotatable bonds is 5. The molecule has 1 aromatic carbocycles. The maximum atomic E-state index is 12.4. The molecule has 3 rings (SSSR count). The van der Waals surface area contributed by atoms with Crippen LogP contribution in [0.4, 0.5) is 9.80 Å². The van der Waals surface area contributed by atoms with Gasteiger partial charge in [0.05, 0.1) is 11.9 Å². The Morgan fingerprint density at radius 1 is 1.17 bits per heavy atom. The molecule has 0 atom stereocenters. The van der Waals surface area contributed by atoms with Crippen molar-refractivity contribution >= 4 is 22.4 Å². The van der Waals surface area contributed by atoms with Gasteiger partial charge in [-0.15, -0.1) is 0 Å². The number of carbonyl (C=O) groups excluding carboxylic acids is 1. The Balaban J connectivity index is 1.76. The maximum absolute atomic E-state index is 12.4. The molecule has 2 heterocycles. The number of anilines is 1. The molecule has 0 N–H and O–H groups in total. The van der Waals surface area contributed by atoms with Crippen LogP contribution < -0.4 is 9.64 Å². The largest absolute Gasteiger partial charge is 0.487 e. The van der Waals surface area contributed by atoms with Gasteiger partial charge >= 0.3 is 6.09 Å². The molecule has 0 saturated carbocycles. The van der Waals surface area contributed by atoms with Gasteiger partial charge in [-0.05, 0) is 39.3 Å². The fourth-order valence-electron chi connectivity index (χ4n) is 2.59. The third-order valence-corrected chi connectivity index (χ3v) is 5.24. The van der Waals surface area contributed by atoms with E-state index in [1.165, 1.54) is 16.2 Å². The van der Waals surface area contributed by atoms with E-state index >= 15 is 0 Å². The molecule has 0 saturated heterocycles. The number of hydrogen-bond donors (Lipinski definition) is 0. The normalized spacial score (nSPS) is 11.2. The first kappa shape index (κ1) is 20.8. The minimum atomic E-state index is -0.554. The van der Waals surface area contributed by atoms with E-state index < -0.39 is 11.7 Å². The SMILES string of the molecule is Cc1nc(-c2cncc(OCc3ccccc3)c2)sc1N(C)C(=O)OC(C)(C)C. The molecular weight excluding hydrogens is 386 g/mol. The lowest BCUT2D eigenvalue weighted by molar-refractivity contribution is 0.0590. The predicted molar refractivity (Wildman–Crippen MR) is 115 cm³/mol. The fourth-order valence-corrected chi connectivity index (χ4v) is 3.59. The van der Waals surface area contributed by atoms with Crippen LogP contribution in [0.25, 0.3) is 10.6 Å². The minimum absolute atomic E-state index is 0.408. The summed E-state index contributed by atoms with van der Waals surface area (Å²) in [5, 5.41) is 1.51. The monoisotopic (exact) mass is 411 g/mol. The van der Waals surface area contributed by atoms with E-state index in [9.17, 15) is 4.79 Å². The molecule has 2 aromatic heterocycles. The number of ether oxygens (including phenoxy) is 2. The highest BCUT2D eigenvalue weighted by Crippen LogP contribution is 2.35. The van der Waals surface area contributed by atoms with Crippen molar-refractivity contribution in [1.82, 2.24) is 9.97 Å². The third kappa shape index (κ3) is 5.54. The molecule has 0 fully saturated rings. The summed E-state index contributed by atoms with van der Waals surface area (Å²) in [7, 11) is 1.69. The summed E-state index contributed by atoms with van der Waals surface area (Å²) < 4.78 is 11.3. The minimum Gasteiger partial charge on any atom is -0.487 e. The fraction of sp³-hybridized carbons (Fsp3) is 0.318. The molecule has 3 aromatic rings. The predicted octanol–water partition coefficient (Wildman–Crippen LogP) is 5.46. The molecule has 1 amide bonds. The van der Waals surface area contributed by atoms with Crippen LogP contribution in [-0.2, 0) is 11.3 Å². The summed E-state index contributed by atoms with van der Waals surface area (Å²) in [4.78, 5) is 22.8. The lowest BCUT2D eigenvalue weighted by atomic mass is 10.2. The van der Waals surface area contributed by atoms with Gasteiger partial charge in [0.15, 0.2) is 0 Å². The Hall–Kier alpha value is -2.93. The Morgan fingerprint density at radius 2 is 1.90 bits per heavy atom. The van der Waals surface area contributed by atoms with E-state index in [1.807, 2.05) is 64.1 Å². The van der Waals surface area contributed by atoms with Crippen molar-refractivity contribution in [3.8, 4) is 16.3 Å². The summed E-state index contributed by atoms with van der Waals surface area (Å²) in [6, 6.07) is 11.9. The zero-order chi connectivity index (χ0) is 21.0. The molecule has 0 spiro atoms. The number of nitrogens with zero attached hydrogens (tertiary/aromatic N) is 3. The van der Waals surface area contributed by atoms with Crippen LogP contribution in [-0.4, -0.2) is 28.7 Å². The van der Waals surface area contributed by atoms with Gasteiger partial charge in [-0.2, -0.15) is 0 Å². The van der Waals surface area contributed by atoms with E-state index in [-0.39, 0.29) is 0 Å². The van der Waals surface area contributed by atoms with E-state index in [0.717, 1.165) is 26.8 Å². The first-order valence-corrected chi connectivity index (χ1v) is 10.1. The lowest BCUT2D eigenvalue weighted by Crippen LogP contribution is -2.34. The van der Waals surface area contributed by atoms with Gasteiger partial charge in [-0.25, -0.2) is 9.78 Å². The zero-order valence-electron chi connectivity index (χ0n) is 17.3. The van der Waals surface area contributed by atoms with Crippen molar-refractivity contribution in [3.05, 3.63) is 60.0 Å². The Bertz CT molecular complexity index is 980. The second kappa shape index (κ2) is 8.61. The highest BCUT2D eigenvalue weighted by Gasteiger charge is 2.24. The summed E-state index contributed by atoms with van der Waals surface area (Å²) >= 11 is 1.42. The number of benzene rings is 1. The first-order chi connectivity index (χ1) is 13.7. The Morgan fingerprint density at radius 3 is 2.59 bits per heavy atom. The topological polar surface area (TPSA) is 64.6 Å². The first-order valence-electron chi connectivity index (χ1n) is 9.29. The van der Waals surface area contributed by atoms with Gasteiger partial charge in [-0.3, -0.25) is 9.88 Å². The highest BCUT2D eigenvalue weighted by atomic mass is 32.1. The zero-order valence-corrected chi connectivity index (χ0v) is 18.1. The van der Waals surface area contributed by atoms with Gasteiger partial charge in [-0.1, -0.05) is 41.7 Å². The van der Waals surface area contributed by atoms with Crippen molar-refractivity contribution in [2.45, 2.75) is 39.9 Å². The van der Waals surface area contributed by atoms with E-state index in [2.05, 4.69) is 9.97 Å². The summed E-state index contributed by atoms with van der Waals surface area (Å²) in [5.74, 6) is 0.668. The Kier molecular flexibility index (Phi) is 6.17. The number of aromatic nitrogens is 2. The number of carbonyl (C=O) groups is 1. The number of hydrogen-bond acceptors (Lipinski definition) is 6. The molecule has 152 valence electrons. The van der Waals surface area contributed by atoms with Gasteiger partial charge in [0, 0.05) is 18.8 Å². The maximum Gasteiger partial charge on any atom is 0.415 e. The molecule has 7 heteroatoms. The average molecular weight is 412 g/mol. The average Bonchev–Trinajstić information content (AvgIpc) is 3.07. The molecule has 0 aliphatic rings. The van der Waals surface area contributed by atoms with Gasteiger partial charge < -0.3 is 9.47 Å². The van der Waals surface area contributed by atoms with Crippen LogP contribution >= 0.6 is 11.3 Å². The van der Waals surface area contributed by atoms with Crippen LogP contribution in [0.15, 0.2) is 48.8 Å². The number of pyridine rings is 1. The molecule has 0 bridgehead atoms. The van der Waals surface area contributed by atoms with Crippen molar-refractivity contribution in [1.29, 1.82) is 0 Å². The van der Waals surface area contributed by atoms with Gasteiger partial charge in [0.25, 0.3) is 0 Å². The van der Waals surface area contributed by atoms with Crippen molar-refractivity contribution in [3.63, 3.8) is 0 Å². The lowest BCUT2D eigenvalue weighted by Gasteiger charge is -2.23. The summed E-state index contributed by atoms with van der Waals surface area (Å²) in [5.41, 5.74) is 2.13. The molecular formula is C22H25N3O3S. The van der Waals surface area contributed by atoms with Gasteiger partial charge in [0.2, 0.25) is 0 Å². The number of aryl methyl sites for hydroxylation is 1. The molecule has 0 aliphatic heterocycles. The molecule has 0 radical (unpaired) electrons. The molecule has 0 unspecified atom stereocenters. The molecule has 6 nitrogen and oxygen atoms in total. The van der Waals surface area contributed by atoms with Crippen LogP contribution in [0.3, 0.4) is 0 Å². The summed E-state index contributed by atoms with van der Waals surface area (Å²) in [6.45, 7) is 7.87.